The van der Waals surface area contributed by atoms with Crippen LogP contribution in [-0.4, -0.2) is 23.7 Å². The minimum Gasteiger partial charge on any atom is -0.350 e. The van der Waals surface area contributed by atoms with Crippen molar-refractivity contribution in [2.45, 2.75) is 25.6 Å². The van der Waals surface area contributed by atoms with Gasteiger partial charge in [0, 0.05) is 28.7 Å². The molecule has 8 heteroatoms. The summed E-state index contributed by atoms with van der Waals surface area (Å²) in [6, 6.07) is 4.09. The Balaban J connectivity index is 2.00. The van der Waals surface area contributed by atoms with Gasteiger partial charge in [0.1, 0.15) is 0 Å². The lowest BCUT2D eigenvalue weighted by Gasteiger charge is -2.22. The first-order valence-electron chi connectivity index (χ1n) is 6.09. The molecule has 1 aromatic rings. The Kier molecular flexibility index (Phi) is 5.26. The molecule has 1 aliphatic heterocycles. The number of amides is 1. The molecule has 1 atom stereocenters. The molecule has 0 aromatic heterocycles. The zero-order valence-electron chi connectivity index (χ0n) is 10.5. The number of hydrogen-bond donors (Lipinski definition) is 1. The molecule has 1 N–H and O–H groups in total. The van der Waals surface area contributed by atoms with Gasteiger partial charge in [0.15, 0.2) is 6.29 Å². The van der Waals surface area contributed by atoms with Gasteiger partial charge < -0.3 is 4.74 Å². The number of nitro groups is 1. The molecule has 2 rings (SSSR count). The largest absolute Gasteiger partial charge is 0.350 e. The van der Waals surface area contributed by atoms with Crippen molar-refractivity contribution in [1.29, 1.82) is 0 Å². The number of carbonyl (C=O) groups excluding carboxylic acids is 1. The van der Waals surface area contributed by atoms with Crippen LogP contribution in [0.4, 0.5) is 5.69 Å². The molecule has 0 aliphatic carbocycles. The number of carbonyl (C=O) groups is 1. The fourth-order valence-electron chi connectivity index (χ4n) is 1.78. The zero-order valence-corrected chi connectivity index (χ0v) is 12.7. The van der Waals surface area contributed by atoms with Crippen molar-refractivity contribution in [2.24, 2.45) is 0 Å². The van der Waals surface area contributed by atoms with E-state index in [0.717, 1.165) is 12.8 Å². The third-order valence-electron chi connectivity index (χ3n) is 2.83. The first kappa shape index (κ1) is 15.1. The maximum atomic E-state index is 12.0. The summed E-state index contributed by atoms with van der Waals surface area (Å²) >= 11 is 1.94. The third-order valence-corrected chi connectivity index (χ3v) is 3.77. The lowest BCUT2D eigenvalue weighted by molar-refractivity contribution is -0.384. The minimum atomic E-state index is -0.544. The van der Waals surface area contributed by atoms with Gasteiger partial charge in [-0.15, -0.1) is 0 Å². The number of hydroxylamine groups is 1. The lowest BCUT2D eigenvalue weighted by Crippen LogP contribution is -2.33. The van der Waals surface area contributed by atoms with E-state index in [4.69, 9.17) is 9.57 Å². The molecule has 1 aromatic carbocycles. The maximum Gasteiger partial charge on any atom is 0.276 e. The number of nitro benzene ring substituents is 1. The molecule has 0 spiro atoms. The van der Waals surface area contributed by atoms with Gasteiger partial charge in [-0.1, -0.05) is 0 Å². The summed E-state index contributed by atoms with van der Waals surface area (Å²) in [5, 5.41) is 10.7. The van der Waals surface area contributed by atoms with E-state index in [-0.39, 0.29) is 11.3 Å². The van der Waals surface area contributed by atoms with Gasteiger partial charge in [0.25, 0.3) is 11.6 Å². The van der Waals surface area contributed by atoms with Gasteiger partial charge in [0.2, 0.25) is 0 Å². The molecule has 0 radical (unpaired) electrons. The highest BCUT2D eigenvalue weighted by Crippen LogP contribution is 2.20. The van der Waals surface area contributed by atoms with Crippen molar-refractivity contribution in [3.8, 4) is 0 Å². The fraction of sp³-hybridized carbons (Fsp3) is 0.417. The molecule has 1 heterocycles. The van der Waals surface area contributed by atoms with Crippen molar-refractivity contribution in [3.63, 3.8) is 0 Å². The fourth-order valence-corrected chi connectivity index (χ4v) is 2.36. The number of non-ortho nitro benzene ring substituents is 1. The van der Waals surface area contributed by atoms with Crippen LogP contribution in [0.5, 0.6) is 0 Å². The zero-order chi connectivity index (χ0) is 14.5. The highest BCUT2D eigenvalue weighted by Gasteiger charge is 2.19. The lowest BCUT2D eigenvalue weighted by atomic mass is 10.2. The molecular weight excluding hydrogens is 379 g/mol. The Bertz CT molecular complexity index is 517. The topological polar surface area (TPSA) is 90.7 Å². The summed E-state index contributed by atoms with van der Waals surface area (Å²) in [6.45, 7) is 0.606. The van der Waals surface area contributed by atoms with Gasteiger partial charge in [-0.2, -0.15) is 0 Å². The third kappa shape index (κ3) is 3.87. The number of hydrogen-bond acceptors (Lipinski definition) is 5. The summed E-state index contributed by atoms with van der Waals surface area (Å²) in [4.78, 5) is 27.3. The molecule has 0 saturated carbocycles. The van der Waals surface area contributed by atoms with Gasteiger partial charge in [-0.05, 0) is 41.5 Å². The van der Waals surface area contributed by atoms with Crippen LogP contribution in [0.15, 0.2) is 18.2 Å². The standard InChI is InChI=1S/C12H13IN2O5/c13-10-5-4-8(15(17)18)7-9(10)12(16)14-20-11-3-1-2-6-19-11/h4-5,7,11H,1-3,6H2,(H,14,16). The smallest absolute Gasteiger partial charge is 0.276 e. The number of nitrogens with one attached hydrogen (secondary N) is 1. The van der Waals surface area contributed by atoms with Gasteiger partial charge >= 0.3 is 0 Å². The monoisotopic (exact) mass is 392 g/mol. The van der Waals surface area contributed by atoms with E-state index in [9.17, 15) is 14.9 Å². The van der Waals surface area contributed by atoms with Crippen LogP contribution in [-0.2, 0) is 9.57 Å². The molecule has 1 fully saturated rings. The molecule has 1 unspecified atom stereocenters. The predicted molar refractivity (Wildman–Crippen MR) is 78.0 cm³/mol. The van der Waals surface area contributed by atoms with Crippen molar-refractivity contribution in [3.05, 3.63) is 37.4 Å². The number of nitrogens with zero attached hydrogens (tertiary/aromatic N) is 1. The van der Waals surface area contributed by atoms with Crippen LogP contribution in [0.25, 0.3) is 0 Å². The van der Waals surface area contributed by atoms with Crippen LogP contribution in [0.2, 0.25) is 0 Å². The molecule has 1 amide bonds. The van der Waals surface area contributed by atoms with Crippen molar-refractivity contribution in [2.75, 3.05) is 6.61 Å². The normalized spacial score (nSPS) is 18.6. The van der Waals surface area contributed by atoms with Crippen molar-refractivity contribution < 1.29 is 19.3 Å². The Morgan fingerprint density at radius 1 is 1.50 bits per heavy atom. The summed E-state index contributed by atoms with van der Waals surface area (Å²) in [7, 11) is 0. The van der Waals surface area contributed by atoms with Crippen LogP contribution < -0.4 is 5.48 Å². The molecule has 7 nitrogen and oxygen atoms in total. The highest BCUT2D eigenvalue weighted by atomic mass is 127. The molecule has 1 aliphatic rings. The highest BCUT2D eigenvalue weighted by molar-refractivity contribution is 14.1. The Labute approximate surface area is 128 Å². The van der Waals surface area contributed by atoms with Gasteiger partial charge in [-0.25, -0.2) is 10.3 Å². The number of halogens is 1. The van der Waals surface area contributed by atoms with Crippen LogP contribution in [0, 0.1) is 13.7 Å². The number of benzene rings is 1. The second kappa shape index (κ2) is 6.95. The average Bonchev–Trinajstić information content (AvgIpc) is 2.46. The van der Waals surface area contributed by atoms with Crippen LogP contribution in [0.1, 0.15) is 29.6 Å². The Morgan fingerprint density at radius 3 is 2.95 bits per heavy atom. The van der Waals surface area contributed by atoms with E-state index in [1.165, 1.54) is 18.2 Å². The molecule has 1 saturated heterocycles. The Morgan fingerprint density at radius 2 is 2.30 bits per heavy atom. The first-order chi connectivity index (χ1) is 9.58. The summed E-state index contributed by atoms with van der Waals surface area (Å²) in [5.41, 5.74) is 2.35. The van der Waals surface area contributed by atoms with E-state index in [1.54, 1.807) is 0 Å². The van der Waals surface area contributed by atoms with Crippen LogP contribution in [0.3, 0.4) is 0 Å². The van der Waals surface area contributed by atoms with Gasteiger partial charge in [-0.3, -0.25) is 14.9 Å². The van der Waals surface area contributed by atoms with E-state index in [1.807, 2.05) is 22.6 Å². The average molecular weight is 392 g/mol. The SMILES string of the molecule is O=C(NOC1CCCCO1)c1cc([N+](=O)[O-])ccc1I. The molecular formula is C12H13IN2O5. The maximum absolute atomic E-state index is 12.0. The summed E-state index contributed by atoms with van der Waals surface area (Å²) < 4.78 is 5.92. The van der Waals surface area contributed by atoms with E-state index < -0.39 is 17.1 Å². The number of rotatable bonds is 4. The first-order valence-corrected chi connectivity index (χ1v) is 7.17. The van der Waals surface area contributed by atoms with Crippen molar-refractivity contribution in [1.82, 2.24) is 5.48 Å². The van der Waals surface area contributed by atoms with E-state index in [2.05, 4.69) is 5.48 Å². The van der Waals surface area contributed by atoms with E-state index in [0.29, 0.717) is 16.6 Å². The molecule has 20 heavy (non-hydrogen) atoms. The van der Waals surface area contributed by atoms with Crippen LogP contribution >= 0.6 is 22.6 Å². The minimum absolute atomic E-state index is 0.135. The van der Waals surface area contributed by atoms with Crippen molar-refractivity contribution >= 4 is 34.2 Å². The molecule has 0 bridgehead atoms. The second-order valence-corrected chi connectivity index (χ2v) is 5.43. The molecule has 108 valence electrons. The van der Waals surface area contributed by atoms with E-state index >= 15 is 0 Å². The van der Waals surface area contributed by atoms with Gasteiger partial charge in [0.05, 0.1) is 10.5 Å². The summed E-state index contributed by atoms with van der Waals surface area (Å²) in [5.74, 6) is -0.521. The second-order valence-electron chi connectivity index (χ2n) is 4.27. The Hall–Kier alpha value is -1.26. The number of ether oxygens (including phenoxy) is 1. The predicted octanol–water partition coefficient (Wildman–Crippen LogP) is 2.39. The quantitative estimate of drug-likeness (QED) is 0.483. The summed E-state index contributed by atoms with van der Waals surface area (Å²) in [6.07, 6.45) is 2.22.